The molecule has 1 aromatic heterocycles. The number of rotatable bonds is 4. The van der Waals surface area contributed by atoms with Gasteiger partial charge in [-0.3, -0.25) is 0 Å². The van der Waals surface area contributed by atoms with Crippen LogP contribution in [-0.4, -0.2) is 26.2 Å². The van der Waals surface area contributed by atoms with Gasteiger partial charge in [0.05, 0.1) is 6.21 Å². The number of phenolic OH excluding ortho intramolecular Hbond substituents is 1. The van der Waals surface area contributed by atoms with Crippen LogP contribution >= 0.6 is 40.7 Å². The van der Waals surface area contributed by atoms with Crippen molar-refractivity contribution in [2.24, 2.45) is 5.10 Å². The van der Waals surface area contributed by atoms with Crippen LogP contribution in [0.2, 0.25) is 0 Å². The molecule has 0 radical (unpaired) electrons. The first-order valence-corrected chi connectivity index (χ1v) is 6.38. The van der Waals surface area contributed by atoms with Gasteiger partial charge in [0.1, 0.15) is 5.75 Å². The van der Waals surface area contributed by atoms with E-state index < -0.39 is 0 Å². The highest BCUT2D eigenvalue weighted by Gasteiger charge is 2.06. The first-order valence-electron chi connectivity index (χ1n) is 5.58. The standard InChI is InChI=1S/C11H13BrN6O.2ClH/c1-2-10-15-17-11(18(10)13)16-14-6-7-5-8(12)3-4-9(7)19;;/h3-6,19H,2,13H2,1H3,(H,16,17);2*1H. The van der Waals surface area contributed by atoms with E-state index in [2.05, 4.69) is 36.7 Å². The molecule has 0 unspecified atom stereocenters. The molecule has 0 bridgehead atoms. The van der Waals surface area contributed by atoms with Crippen molar-refractivity contribution >= 4 is 52.9 Å². The second-order valence-electron chi connectivity index (χ2n) is 3.74. The smallest absolute Gasteiger partial charge is 0.263 e. The van der Waals surface area contributed by atoms with Crippen LogP contribution in [0.3, 0.4) is 0 Å². The number of aromatic nitrogens is 3. The van der Waals surface area contributed by atoms with Crippen LogP contribution in [-0.2, 0) is 6.42 Å². The Morgan fingerprint density at radius 1 is 1.43 bits per heavy atom. The van der Waals surface area contributed by atoms with E-state index in [0.29, 0.717) is 23.8 Å². The summed E-state index contributed by atoms with van der Waals surface area (Å²) in [6, 6.07) is 5.06. The van der Waals surface area contributed by atoms with Crippen LogP contribution in [0.4, 0.5) is 5.95 Å². The molecule has 2 rings (SSSR count). The maximum atomic E-state index is 9.63. The zero-order valence-corrected chi connectivity index (χ0v) is 14.2. The predicted molar refractivity (Wildman–Crippen MR) is 91.1 cm³/mol. The fraction of sp³-hybridized carbons (Fsp3) is 0.182. The lowest BCUT2D eigenvalue weighted by molar-refractivity contribution is 0.474. The number of benzene rings is 1. The second kappa shape index (κ2) is 8.71. The largest absolute Gasteiger partial charge is 0.507 e. The van der Waals surface area contributed by atoms with E-state index in [4.69, 9.17) is 5.84 Å². The summed E-state index contributed by atoms with van der Waals surface area (Å²) in [6.07, 6.45) is 2.15. The van der Waals surface area contributed by atoms with E-state index >= 15 is 0 Å². The number of nitrogen functional groups attached to an aromatic ring is 1. The van der Waals surface area contributed by atoms with Crippen molar-refractivity contribution in [3.63, 3.8) is 0 Å². The Morgan fingerprint density at radius 2 is 2.14 bits per heavy atom. The minimum Gasteiger partial charge on any atom is -0.507 e. The summed E-state index contributed by atoms with van der Waals surface area (Å²) in [7, 11) is 0. The number of anilines is 1. The summed E-state index contributed by atoms with van der Waals surface area (Å²) in [4.78, 5) is 0. The average Bonchev–Trinajstić information content (AvgIpc) is 2.75. The lowest BCUT2D eigenvalue weighted by Gasteiger charge is -2.01. The fourth-order valence-corrected chi connectivity index (χ4v) is 1.81. The van der Waals surface area contributed by atoms with Crippen molar-refractivity contribution in [3.8, 4) is 5.75 Å². The number of nitrogens with one attached hydrogen (secondary N) is 1. The van der Waals surface area contributed by atoms with Gasteiger partial charge in [-0.05, 0) is 18.2 Å². The normalized spacial score (nSPS) is 10.0. The van der Waals surface area contributed by atoms with E-state index in [1.165, 1.54) is 10.9 Å². The van der Waals surface area contributed by atoms with Gasteiger partial charge in [-0.25, -0.2) is 10.1 Å². The summed E-state index contributed by atoms with van der Waals surface area (Å²) in [6.45, 7) is 1.93. The average molecular weight is 398 g/mol. The maximum absolute atomic E-state index is 9.63. The minimum atomic E-state index is 0. The third kappa shape index (κ3) is 4.76. The first kappa shape index (κ1) is 19.5. The molecule has 0 saturated heterocycles. The van der Waals surface area contributed by atoms with Gasteiger partial charge < -0.3 is 10.9 Å². The molecule has 0 amide bonds. The predicted octanol–water partition coefficient (Wildman–Crippen LogP) is 2.31. The molecule has 7 nitrogen and oxygen atoms in total. The molecular formula is C11H15BrCl2N6O. The molecule has 0 saturated carbocycles. The minimum absolute atomic E-state index is 0. The number of nitrogens with zero attached hydrogens (tertiary/aromatic N) is 4. The van der Waals surface area contributed by atoms with Gasteiger partial charge in [0.15, 0.2) is 5.82 Å². The van der Waals surface area contributed by atoms with Crippen LogP contribution in [0.15, 0.2) is 27.8 Å². The SMILES string of the molecule is CCc1nnc(NN=Cc2cc(Br)ccc2O)n1N.Cl.Cl. The van der Waals surface area contributed by atoms with Gasteiger partial charge in [-0.1, -0.05) is 22.9 Å². The Labute approximate surface area is 142 Å². The molecule has 0 atom stereocenters. The van der Waals surface area contributed by atoms with Gasteiger partial charge in [0.2, 0.25) is 0 Å². The van der Waals surface area contributed by atoms with Gasteiger partial charge in [0.25, 0.3) is 5.95 Å². The zero-order valence-electron chi connectivity index (χ0n) is 11.0. The van der Waals surface area contributed by atoms with E-state index in [-0.39, 0.29) is 30.6 Å². The third-order valence-corrected chi connectivity index (χ3v) is 2.93. The lowest BCUT2D eigenvalue weighted by Crippen LogP contribution is -2.14. The Hall–Kier alpha value is -1.51. The molecule has 0 spiro atoms. The van der Waals surface area contributed by atoms with Crippen LogP contribution in [0.1, 0.15) is 18.3 Å². The van der Waals surface area contributed by atoms with Crippen molar-refractivity contribution in [1.29, 1.82) is 0 Å². The van der Waals surface area contributed by atoms with Crippen LogP contribution < -0.4 is 11.3 Å². The quantitative estimate of drug-likeness (QED) is 0.417. The number of nitrogens with two attached hydrogens (primary N) is 1. The summed E-state index contributed by atoms with van der Waals surface area (Å²) < 4.78 is 2.18. The van der Waals surface area contributed by atoms with Gasteiger partial charge in [-0.2, -0.15) is 5.10 Å². The molecule has 116 valence electrons. The molecule has 10 heteroatoms. The first-order chi connectivity index (χ1) is 9.11. The molecule has 0 aliphatic heterocycles. The fourth-order valence-electron chi connectivity index (χ4n) is 1.43. The van der Waals surface area contributed by atoms with Gasteiger partial charge >= 0.3 is 0 Å². The zero-order chi connectivity index (χ0) is 13.8. The van der Waals surface area contributed by atoms with Crippen molar-refractivity contribution in [3.05, 3.63) is 34.1 Å². The molecule has 0 aliphatic carbocycles. The number of hydrogen-bond acceptors (Lipinski definition) is 6. The van der Waals surface area contributed by atoms with Crippen molar-refractivity contribution < 1.29 is 5.11 Å². The highest BCUT2D eigenvalue weighted by atomic mass is 79.9. The highest BCUT2D eigenvalue weighted by molar-refractivity contribution is 9.10. The number of hydrogen-bond donors (Lipinski definition) is 3. The Bertz CT molecular complexity index is 619. The molecule has 2 aromatic rings. The molecular weight excluding hydrogens is 383 g/mol. The van der Waals surface area contributed by atoms with E-state index in [1.54, 1.807) is 18.2 Å². The molecule has 1 aromatic carbocycles. The van der Waals surface area contributed by atoms with Gasteiger partial charge in [-0.15, -0.1) is 35.0 Å². The van der Waals surface area contributed by atoms with Gasteiger partial charge in [0, 0.05) is 16.5 Å². The van der Waals surface area contributed by atoms with E-state index in [0.717, 1.165) is 4.47 Å². The van der Waals surface area contributed by atoms with Crippen LogP contribution in [0.5, 0.6) is 5.75 Å². The maximum Gasteiger partial charge on any atom is 0.263 e. The summed E-state index contributed by atoms with van der Waals surface area (Å²) >= 11 is 3.32. The van der Waals surface area contributed by atoms with Crippen molar-refractivity contribution in [1.82, 2.24) is 14.9 Å². The topological polar surface area (TPSA) is 101 Å². The highest BCUT2D eigenvalue weighted by Crippen LogP contribution is 2.20. The summed E-state index contributed by atoms with van der Waals surface area (Å²) in [5.41, 5.74) is 3.24. The number of hydrazone groups is 1. The van der Waals surface area contributed by atoms with Crippen molar-refractivity contribution in [2.45, 2.75) is 13.3 Å². The lowest BCUT2D eigenvalue weighted by atomic mass is 10.2. The summed E-state index contributed by atoms with van der Waals surface area (Å²) in [5.74, 6) is 6.87. The Morgan fingerprint density at radius 3 is 2.76 bits per heavy atom. The van der Waals surface area contributed by atoms with Crippen molar-refractivity contribution in [2.75, 3.05) is 11.3 Å². The number of phenols is 1. The number of aryl methyl sites for hydroxylation is 1. The number of halogens is 3. The molecule has 1 heterocycles. The third-order valence-electron chi connectivity index (χ3n) is 2.44. The Kier molecular flexibility index (Phi) is 8.08. The molecule has 0 fully saturated rings. The molecule has 4 N–H and O–H groups in total. The summed E-state index contributed by atoms with van der Waals surface area (Å²) in [5, 5.41) is 21.3. The molecule has 21 heavy (non-hydrogen) atoms. The van der Waals surface area contributed by atoms with Crippen LogP contribution in [0, 0.1) is 0 Å². The van der Waals surface area contributed by atoms with E-state index in [9.17, 15) is 5.11 Å². The number of aromatic hydroxyl groups is 1. The monoisotopic (exact) mass is 396 g/mol. The van der Waals surface area contributed by atoms with Crippen LogP contribution in [0.25, 0.3) is 0 Å². The molecule has 0 aliphatic rings. The second-order valence-corrected chi connectivity index (χ2v) is 4.65. The Balaban J connectivity index is 0.00000200. The van der Waals surface area contributed by atoms with E-state index in [1.807, 2.05) is 6.92 Å².